The van der Waals surface area contributed by atoms with Crippen molar-refractivity contribution in [2.75, 3.05) is 0 Å². The van der Waals surface area contributed by atoms with Crippen LogP contribution in [0.1, 0.15) is 25.0 Å². The third-order valence-electron chi connectivity index (χ3n) is 6.31. The molecule has 0 atom stereocenters. The van der Waals surface area contributed by atoms with Crippen molar-refractivity contribution in [1.82, 2.24) is 9.97 Å². The van der Waals surface area contributed by atoms with Crippen molar-refractivity contribution in [2.45, 2.75) is 19.3 Å². The molecule has 0 radical (unpaired) electrons. The maximum Gasteiger partial charge on any atom is 0.0787 e. The molecule has 0 unspecified atom stereocenters. The van der Waals surface area contributed by atoms with Gasteiger partial charge >= 0.3 is 0 Å². The Morgan fingerprint density at radius 3 is 2.38 bits per heavy atom. The molecular formula is C27H20N2. The molecule has 0 aliphatic heterocycles. The molecule has 0 amide bonds. The van der Waals surface area contributed by atoms with Crippen LogP contribution in [0.4, 0.5) is 0 Å². The van der Waals surface area contributed by atoms with E-state index in [1.54, 1.807) is 0 Å². The van der Waals surface area contributed by atoms with Crippen LogP contribution in [0.2, 0.25) is 0 Å². The molecule has 0 N–H and O–H groups in total. The summed E-state index contributed by atoms with van der Waals surface area (Å²) in [6, 6.07) is 26.1. The lowest BCUT2D eigenvalue weighted by Gasteiger charge is -2.35. The second-order valence-electron chi connectivity index (χ2n) is 8.37. The van der Waals surface area contributed by atoms with Crippen LogP contribution in [-0.4, -0.2) is 9.97 Å². The van der Waals surface area contributed by atoms with Gasteiger partial charge in [0.2, 0.25) is 0 Å². The Morgan fingerprint density at radius 2 is 1.52 bits per heavy atom. The Bertz CT molecular complexity index is 1420. The van der Waals surface area contributed by atoms with Crippen molar-refractivity contribution in [2.24, 2.45) is 0 Å². The fraction of sp³-hybridized carbons (Fsp3) is 0.111. The number of pyridine rings is 2. The summed E-state index contributed by atoms with van der Waals surface area (Å²) < 4.78 is 0. The molecule has 1 aliphatic carbocycles. The molecule has 0 bridgehead atoms. The van der Waals surface area contributed by atoms with Crippen LogP contribution in [0.5, 0.6) is 0 Å². The van der Waals surface area contributed by atoms with Gasteiger partial charge in [-0.2, -0.15) is 0 Å². The zero-order valence-corrected chi connectivity index (χ0v) is 16.5. The van der Waals surface area contributed by atoms with E-state index >= 15 is 0 Å². The molecular weight excluding hydrogens is 352 g/mol. The zero-order valence-electron chi connectivity index (χ0n) is 16.5. The van der Waals surface area contributed by atoms with Gasteiger partial charge in [-0.1, -0.05) is 50.2 Å². The quantitative estimate of drug-likeness (QED) is 0.325. The molecule has 2 aromatic heterocycles. The Hall–Kier alpha value is -3.52. The van der Waals surface area contributed by atoms with Gasteiger partial charge in [0, 0.05) is 34.1 Å². The van der Waals surface area contributed by atoms with Gasteiger partial charge in [-0.25, -0.2) is 0 Å². The summed E-state index contributed by atoms with van der Waals surface area (Å²) in [4.78, 5) is 9.41. The van der Waals surface area contributed by atoms with E-state index in [1.807, 2.05) is 18.5 Å². The Morgan fingerprint density at radius 1 is 0.655 bits per heavy atom. The molecule has 138 valence electrons. The lowest BCUT2D eigenvalue weighted by molar-refractivity contribution is 0.645. The maximum atomic E-state index is 4.83. The van der Waals surface area contributed by atoms with Gasteiger partial charge in [0.25, 0.3) is 0 Å². The van der Waals surface area contributed by atoms with Crippen LogP contribution in [0.3, 0.4) is 0 Å². The molecule has 0 spiro atoms. The van der Waals surface area contributed by atoms with Gasteiger partial charge in [-0.05, 0) is 64.0 Å². The Labute approximate surface area is 169 Å². The average Bonchev–Trinajstić information content (AvgIpc) is 2.77. The molecule has 0 saturated carbocycles. The highest BCUT2D eigenvalue weighted by atomic mass is 14.7. The number of nitrogens with zero attached hydrogens (tertiary/aromatic N) is 2. The van der Waals surface area contributed by atoms with Crippen LogP contribution < -0.4 is 0 Å². The molecule has 6 rings (SSSR count). The minimum atomic E-state index is -0.127. The highest BCUT2D eigenvalue weighted by Crippen LogP contribution is 2.49. The van der Waals surface area contributed by atoms with Gasteiger partial charge in [-0.15, -0.1) is 0 Å². The second kappa shape index (κ2) is 5.74. The second-order valence-corrected chi connectivity index (χ2v) is 8.37. The fourth-order valence-electron chi connectivity index (χ4n) is 4.79. The third-order valence-corrected chi connectivity index (χ3v) is 6.31. The molecule has 2 nitrogen and oxygen atoms in total. The third kappa shape index (κ3) is 2.29. The van der Waals surface area contributed by atoms with E-state index in [4.69, 9.17) is 4.98 Å². The van der Waals surface area contributed by atoms with Crippen molar-refractivity contribution < 1.29 is 0 Å². The van der Waals surface area contributed by atoms with E-state index in [-0.39, 0.29) is 5.41 Å². The Balaban J connectivity index is 1.74. The number of hydrogen-bond donors (Lipinski definition) is 0. The van der Waals surface area contributed by atoms with Crippen LogP contribution >= 0.6 is 0 Å². The summed E-state index contributed by atoms with van der Waals surface area (Å²) in [7, 11) is 0. The molecule has 0 fully saturated rings. The summed E-state index contributed by atoms with van der Waals surface area (Å²) in [5, 5.41) is 3.68. The smallest absolute Gasteiger partial charge is 0.0787 e. The van der Waals surface area contributed by atoms with Gasteiger partial charge in [-0.3, -0.25) is 9.97 Å². The summed E-state index contributed by atoms with van der Waals surface area (Å²) in [6.45, 7) is 4.65. The number of rotatable bonds is 1. The van der Waals surface area contributed by atoms with E-state index in [9.17, 15) is 0 Å². The van der Waals surface area contributed by atoms with E-state index in [0.29, 0.717) is 0 Å². The lowest BCUT2D eigenvalue weighted by atomic mass is 9.69. The largest absolute Gasteiger partial charge is 0.256 e. The lowest BCUT2D eigenvalue weighted by Crippen LogP contribution is -2.24. The first-order valence-electron chi connectivity index (χ1n) is 10.0. The monoisotopic (exact) mass is 372 g/mol. The number of fused-ring (bicyclic) bond motifs is 3. The van der Waals surface area contributed by atoms with Gasteiger partial charge in [0.15, 0.2) is 0 Å². The van der Waals surface area contributed by atoms with E-state index in [0.717, 1.165) is 11.2 Å². The summed E-state index contributed by atoms with van der Waals surface area (Å²) in [5.74, 6) is 0. The molecule has 3 aromatic carbocycles. The van der Waals surface area contributed by atoms with E-state index in [1.165, 1.54) is 44.0 Å². The zero-order chi connectivity index (χ0) is 19.6. The van der Waals surface area contributed by atoms with Gasteiger partial charge < -0.3 is 0 Å². The predicted octanol–water partition coefficient (Wildman–Crippen LogP) is 6.76. The highest BCUT2D eigenvalue weighted by Gasteiger charge is 2.35. The fourth-order valence-corrected chi connectivity index (χ4v) is 4.79. The van der Waals surface area contributed by atoms with Crippen LogP contribution in [0.15, 0.2) is 85.2 Å². The topological polar surface area (TPSA) is 25.8 Å². The van der Waals surface area contributed by atoms with Crippen molar-refractivity contribution in [1.29, 1.82) is 0 Å². The molecule has 2 heterocycles. The molecule has 5 aromatic rings. The molecule has 2 heteroatoms. The van der Waals surface area contributed by atoms with E-state index in [2.05, 4.69) is 85.6 Å². The predicted molar refractivity (Wildman–Crippen MR) is 120 cm³/mol. The SMILES string of the molecule is CC1(C)c2cc3cccnc3cc2-c2nccc3cc(-c4ccccc4)cc1c23. The first-order valence-corrected chi connectivity index (χ1v) is 10.0. The minimum absolute atomic E-state index is 0.127. The first-order chi connectivity index (χ1) is 14.1. The maximum absolute atomic E-state index is 4.83. The molecule has 29 heavy (non-hydrogen) atoms. The summed E-state index contributed by atoms with van der Waals surface area (Å²) in [6.07, 6.45) is 3.79. The Kier molecular flexibility index (Phi) is 3.25. The molecule has 0 saturated heterocycles. The minimum Gasteiger partial charge on any atom is -0.256 e. The molecule has 1 aliphatic rings. The summed E-state index contributed by atoms with van der Waals surface area (Å²) in [5.41, 5.74) is 8.32. The van der Waals surface area contributed by atoms with Crippen molar-refractivity contribution >= 4 is 21.7 Å². The van der Waals surface area contributed by atoms with Crippen LogP contribution in [0.25, 0.3) is 44.1 Å². The van der Waals surface area contributed by atoms with E-state index < -0.39 is 0 Å². The normalized spacial score (nSPS) is 14.1. The highest BCUT2D eigenvalue weighted by molar-refractivity contribution is 6.05. The van der Waals surface area contributed by atoms with Crippen LogP contribution in [-0.2, 0) is 5.41 Å². The first kappa shape index (κ1) is 16.4. The number of benzene rings is 3. The van der Waals surface area contributed by atoms with Gasteiger partial charge in [0.1, 0.15) is 0 Å². The average molecular weight is 372 g/mol. The van der Waals surface area contributed by atoms with Gasteiger partial charge in [0.05, 0.1) is 11.2 Å². The van der Waals surface area contributed by atoms with Crippen LogP contribution in [0, 0.1) is 0 Å². The standard InChI is InChI=1S/C27H20N2/c1-27(2)22-14-18-9-6-11-28-24(18)16-21(22)26-25-19(10-12-29-26)13-20(15-23(25)27)17-7-4-3-5-8-17/h3-16H,1-2H3. The number of aromatic nitrogens is 2. The van der Waals surface area contributed by atoms with Crippen molar-refractivity contribution in [3.05, 3.63) is 96.3 Å². The van der Waals surface area contributed by atoms with Crippen molar-refractivity contribution in [3.8, 4) is 22.4 Å². The summed E-state index contributed by atoms with van der Waals surface area (Å²) >= 11 is 0. The van der Waals surface area contributed by atoms with Crippen molar-refractivity contribution in [3.63, 3.8) is 0 Å². The number of hydrogen-bond acceptors (Lipinski definition) is 2.